The number of morpholine rings is 1. The number of fused-ring (bicyclic) bond motifs is 1. The minimum Gasteiger partial charge on any atom is -0.378 e. The number of rotatable bonds is 6. The largest absolute Gasteiger partial charge is 0.378 e. The zero-order valence-corrected chi connectivity index (χ0v) is 15.1. The first kappa shape index (κ1) is 16.9. The van der Waals surface area contributed by atoms with Gasteiger partial charge in [-0.1, -0.05) is 37.1 Å². The van der Waals surface area contributed by atoms with Crippen molar-refractivity contribution in [2.45, 2.75) is 32.6 Å². The Morgan fingerprint density at radius 3 is 2.77 bits per heavy atom. The van der Waals surface area contributed by atoms with Crippen molar-refractivity contribution < 1.29 is 4.74 Å². The highest BCUT2D eigenvalue weighted by Crippen LogP contribution is 2.25. The fourth-order valence-corrected chi connectivity index (χ4v) is 3.23. The predicted molar refractivity (Wildman–Crippen MR) is 101 cm³/mol. The average molecular weight is 352 g/mol. The van der Waals surface area contributed by atoms with Gasteiger partial charge in [0, 0.05) is 18.5 Å². The SMILES string of the molecule is CCCCCc1cn(-c2nc(N3CCOCC3)c3ccccc3n2)nn1. The van der Waals surface area contributed by atoms with Crippen LogP contribution < -0.4 is 4.90 Å². The van der Waals surface area contributed by atoms with Gasteiger partial charge in [0.15, 0.2) is 0 Å². The number of unbranched alkanes of at least 4 members (excludes halogenated alkanes) is 2. The van der Waals surface area contributed by atoms with Gasteiger partial charge >= 0.3 is 0 Å². The van der Waals surface area contributed by atoms with Gasteiger partial charge in [-0.2, -0.15) is 9.67 Å². The van der Waals surface area contributed by atoms with E-state index in [0.717, 1.165) is 61.6 Å². The molecule has 0 saturated carbocycles. The number of hydrogen-bond donors (Lipinski definition) is 0. The number of benzene rings is 1. The van der Waals surface area contributed by atoms with Crippen molar-refractivity contribution in [1.82, 2.24) is 25.0 Å². The molecule has 0 aliphatic carbocycles. The fraction of sp³-hybridized carbons (Fsp3) is 0.474. The summed E-state index contributed by atoms with van der Waals surface area (Å²) in [5.41, 5.74) is 1.91. The molecule has 0 N–H and O–H groups in total. The molecule has 0 spiro atoms. The topological polar surface area (TPSA) is 69.0 Å². The number of hydrogen-bond acceptors (Lipinski definition) is 6. The molecule has 7 heteroatoms. The monoisotopic (exact) mass is 352 g/mol. The van der Waals surface area contributed by atoms with Crippen molar-refractivity contribution in [2.75, 3.05) is 31.2 Å². The van der Waals surface area contributed by atoms with Gasteiger partial charge < -0.3 is 9.64 Å². The highest BCUT2D eigenvalue weighted by Gasteiger charge is 2.18. The molecule has 0 bridgehead atoms. The van der Waals surface area contributed by atoms with Crippen molar-refractivity contribution in [2.24, 2.45) is 0 Å². The summed E-state index contributed by atoms with van der Waals surface area (Å²) < 4.78 is 7.18. The van der Waals surface area contributed by atoms with Crippen molar-refractivity contribution >= 4 is 16.7 Å². The van der Waals surface area contributed by atoms with Crippen LogP contribution >= 0.6 is 0 Å². The summed E-state index contributed by atoms with van der Waals surface area (Å²) >= 11 is 0. The van der Waals surface area contributed by atoms with E-state index in [1.165, 1.54) is 12.8 Å². The molecule has 1 aliphatic heterocycles. The highest BCUT2D eigenvalue weighted by molar-refractivity contribution is 5.90. The Balaban J connectivity index is 1.69. The molecule has 7 nitrogen and oxygen atoms in total. The Morgan fingerprint density at radius 1 is 1.08 bits per heavy atom. The standard InChI is InChI=1S/C19H24N6O/c1-2-3-4-7-15-14-25(23-22-15)19-20-17-9-6-5-8-16(17)18(21-19)24-10-12-26-13-11-24/h5-6,8-9,14H,2-4,7,10-13H2,1H3. The molecule has 0 radical (unpaired) electrons. The number of anilines is 1. The van der Waals surface area contributed by atoms with Gasteiger partial charge in [0.05, 0.1) is 30.6 Å². The van der Waals surface area contributed by atoms with Crippen molar-refractivity contribution in [1.29, 1.82) is 0 Å². The summed E-state index contributed by atoms with van der Waals surface area (Å²) in [6, 6.07) is 8.11. The van der Waals surface area contributed by atoms with Crippen LogP contribution in [0.25, 0.3) is 16.9 Å². The average Bonchev–Trinajstić information content (AvgIpc) is 3.17. The second kappa shape index (κ2) is 7.78. The molecule has 0 unspecified atom stereocenters. The van der Waals surface area contributed by atoms with Crippen LogP contribution in [-0.2, 0) is 11.2 Å². The van der Waals surface area contributed by atoms with Crippen molar-refractivity contribution in [3.8, 4) is 5.95 Å². The van der Waals surface area contributed by atoms with Gasteiger partial charge in [-0.3, -0.25) is 0 Å². The van der Waals surface area contributed by atoms with E-state index in [1.807, 2.05) is 24.4 Å². The first-order valence-electron chi connectivity index (χ1n) is 9.36. The van der Waals surface area contributed by atoms with E-state index in [4.69, 9.17) is 14.7 Å². The third-order valence-electron chi connectivity index (χ3n) is 4.66. The molecular weight excluding hydrogens is 328 g/mol. The minimum atomic E-state index is 0.569. The molecule has 2 aromatic heterocycles. The van der Waals surface area contributed by atoms with Crippen LogP contribution in [0.15, 0.2) is 30.5 Å². The van der Waals surface area contributed by atoms with Gasteiger partial charge in [0.25, 0.3) is 5.95 Å². The third kappa shape index (κ3) is 3.53. The summed E-state index contributed by atoms with van der Waals surface area (Å²) in [5, 5.41) is 9.60. The molecule has 136 valence electrons. The van der Waals surface area contributed by atoms with Crippen LogP contribution in [0.2, 0.25) is 0 Å². The molecule has 1 saturated heterocycles. The van der Waals surface area contributed by atoms with Gasteiger partial charge in [-0.05, 0) is 25.0 Å². The Morgan fingerprint density at radius 2 is 1.92 bits per heavy atom. The normalized spacial score (nSPS) is 14.9. The number of ether oxygens (including phenoxy) is 1. The third-order valence-corrected chi connectivity index (χ3v) is 4.66. The number of aryl methyl sites for hydroxylation is 1. The second-order valence-electron chi connectivity index (χ2n) is 6.58. The molecule has 0 amide bonds. The lowest BCUT2D eigenvalue weighted by molar-refractivity contribution is 0.122. The zero-order valence-electron chi connectivity index (χ0n) is 15.1. The van der Waals surface area contributed by atoms with Crippen LogP contribution in [0.4, 0.5) is 5.82 Å². The van der Waals surface area contributed by atoms with Gasteiger partial charge in [-0.15, -0.1) is 5.10 Å². The lowest BCUT2D eigenvalue weighted by Gasteiger charge is -2.28. The Labute approximate surface area is 153 Å². The summed E-state index contributed by atoms with van der Waals surface area (Å²) in [7, 11) is 0. The highest BCUT2D eigenvalue weighted by atomic mass is 16.5. The molecular formula is C19H24N6O. The molecule has 3 aromatic rings. The van der Waals surface area contributed by atoms with E-state index >= 15 is 0 Å². The van der Waals surface area contributed by atoms with E-state index in [9.17, 15) is 0 Å². The number of nitrogens with zero attached hydrogens (tertiary/aromatic N) is 6. The van der Waals surface area contributed by atoms with Crippen LogP contribution in [0, 0.1) is 0 Å². The molecule has 1 fully saturated rings. The van der Waals surface area contributed by atoms with Gasteiger partial charge in [-0.25, -0.2) is 4.98 Å². The summed E-state index contributed by atoms with van der Waals surface area (Å²) in [5.74, 6) is 1.51. The zero-order chi connectivity index (χ0) is 17.8. The number of para-hydroxylation sites is 1. The summed E-state index contributed by atoms with van der Waals surface area (Å²) in [6.07, 6.45) is 6.43. The first-order chi connectivity index (χ1) is 12.8. The lowest BCUT2D eigenvalue weighted by Crippen LogP contribution is -2.37. The lowest BCUT2D eigenvalue weighted by atomic mass is 10.2. The maximum atomic E-state index is 5.49. The van der Waals surface area contributed by atoms with E-state index in [1.54, 1.807) is 4.68 Å². The molecule has 4 rings (SSSR count). The molecule has 1 aliphatic rings. The Hall–Kier alpha value is -2.54. The smallest absolute Gasteiger partial charge is 0.254 e. The van der Waals surface area contributed by atoms with E-state index in [2.05, 4.69) is 28.2 Å². The van der Waals surface area contributed by atoms with E-state index in [-0.39, 0.29) is 0 Å². The molecule has 26 heavy (non-hydrogen) atoms. The van der Waals surface area contributed by atoms with Gasteiger partial charge in [0.2, 0.25) is 0 Å². The van der Waals surface area contributed by atoms with E-state index in [0.29, 0.717) is 5.95 Å². The van der Waals surface area contributed by atoms with E-state index < -0.39 is 0 Å². The maximum Gasteiger partial charge on any atom is 0.254 e. The Bertz CT molecular complexity index is 871. The molecule has 1 aromatic carbocycles. The number of aromatic nitrogens is 5. The van der Waals surface area contributed by atoms with Crippen LogP contribution in [0.3, 0.4) is 0 Å². The maximum absolute atomic E-state index is 5.49. The summed E-state index contributed by atoms with van der Waals surface area (Å²) in [4.78, 5) is 11.8. The quantitative estimate of drug-likeness (QED) is 0.636. The first-order valence-corrected chi connectivity index (χ1v) is 9.36. The van der Waals surface area contributed by atoms with Crippen LogP contribution in [-0.4, -0.2) is 51.3 Å². The molecule has 0 atom stereocenters. The van der Waals surface area contributed by atoms with Crippen LogP contribution in [0.5, 0.6) is 0 Å². The van der Waals surface area contributed by atoms with Crippen molar-refractivity contribution in [3.05, 3.63) is 36.2 Å². The van der Waals surface area contributed by atoms with Crippen molar-refractivity contribution in [3.63, 3.8) is 0 Å². The minimum absolute atomic E-state index is 0.569. The fourth-order valence-electron chi connectivity index (χ4n) is 3.23. The Kier molecular flexibility index (Phi) is 5.06. The predicted octanol–water partition coefficient (Wildman–Crippen LogP) is 2.78. The second-order valence-corrected chi connectivity index (χ2v) is 6.58. The summed E-state index contributed by atoms with van der Waals surface area (Å²) in [6.45, 7) is 5.31. The van der Waals surface area contributed by atoms with Crippen LogP contribution in [0.1, 0.15) is 31.9 Å². The molecule has 3 heterocycles. The van der Waals surface area contributed by atoms with Gasteiger partial charge in [0.1, 0.15) is 5.82 Å².